The first-order valence-electron chi connectivity index (χ1n) is 16.7. The molecule has 0 heterocycles. The van der Waals surface area contributed by atoms with E-state index in [-0.39, 0.29) is 40.9 Å². The molecule has 256 valence electrons. The van der Waals surface area contributed by atoms with Crippen LogP contribution in [0, 0.1) is 28.1 Å². The second-order valence-electron chi connectivity index (χ2n) is 14.8. The molecule has 0 saturated heterocycles. The Morgan fingerprint density at radius 3 is 2.00 bits per heavy atom. The van der Waals surface area contributed by atoms with Crippen LogP contribution in [-0.4, -0.2) is 38.7 Å². The molecule has 2 bridgehead atoms. The Bertz CT molecular complexity index is 1540. The van der Waals surface area contributed by atoms with Crippen molar-refractivity contribution in [1.82, 2.24) is 0 Å². The smallest absolute Gasteiger partial charge is 0.200 e. The molecule has 3 rings (SSSR count). The van der Waals surface area contributed by atoms with Crippen LogP contribution in [0.2, 0.25) is 0 Å². The van der Waals surface area contributed by atoms with Crippen molar-refractivity contribution in [1.29, 1.82) is 0 Å². The highest BCUT2D eigenvalue weighted by Crippen LogP contribution is 2.67. The number of methoxy groups -OCH3 is 3. The monoisotopic (exact) mass is 644 g/mol. The van der Waals surface area contributed by atoms with E-state index in [4.69, 9.17) is 14.2 Å². The van der Waals surface area contributed by atoms with Gasteiger partial charge in [0, 0.05) is 5.56 Å². The van der Waals surface area contributed by atoms with Crippen molar-refractivity contribution in [3.8, 4) is 11.5 Å². The summed E-state index contributed by atoms with van der Waals surface area (Å²) in [5.41, 5.74) is 1.06. The predicted molar refractivity (Wildman–Crippen MR) is 190 cm³/mol. The van der Waals surface area contributed by atoms with E-state index in [1.54, 1.807) is 18.2 Å². The van der Waals surface area contributed by atoms with Gasteiger partial charge in [0.05, 0.1) is 26.7 Å². The third kappa shape index (κ3) is 6.84. The summed E-state index contributed by atoms with van der Waals surface area (Å²) in [6.45, 7) is 22.6. The second kappa shape index (κ2) is 14.6. The summed E-state index contributed by atoms with van der Waals surface area (Å²) in [5.74, 6) is -0.182. The van der Waals surface area contributed by atoms with Crippen molar-refractivity contribution in [2.45, 2.75) is 94.4 Å². The number of allylic oxidation sites excluding steroid dienone is 9. The van der Waals surface area contributed by atoms with Gasteiger partial charge < -0.3 is 14.2 Å². The lowest BCUT2D eigenvalue weighted by Crippen LogP contribution is -2.67. The minimum Gasteiger partial charge on any atom is -0.499 e. The highest BCUT2D eigenvalue weighted by Gasteiger charge is 2.72. The number of carbonyl (C=O) groups excluding carboxylic acids is 3. The normalized spacial score (nSPS) is 23.8. The summed E-state index contributed by atoms with van der Waals surface area (Å²) >= 11 is 0. The van der Waals surface area contributed by atoms with Gasteiger partial charge in [-0.1, -0.05) is 60.9 Å². The minimum atomic E-state index is -1.48. The summed E-state index contributed by atoms with van der Waals surface area (Å²) in [7, 11) is 4.52. The third-order valence-corrected chi connectivity index (χ3v) is 10.6. The summed E-state index contributed by atoms with van der Waals surface area (Å²) in [5, 5.41) is 0. The van der Waals surface area contributed by atoms with Crippen LogP contribution in [0.1, 0.15) is 105 Å². The maximum Gasteiger partial charge on any atom is 0.200 e. The van der Waals surface area contributed by atoms with E-state index in [9.17, 15) is 4.79 Å². The van der Waals surface area contributed by atoms with E-state index in [2.05, 4.69) is 46.4 Å². The van der Waals surface area contributed by atoms with Crippen molar-refractivity contribution in [2.75, 3.05) is 21.3 Å². The molecule has 2 aliphatic rings. The van der Waals surface area contributed by atoms with Crippen LogP contribution in [0.25, 0.3) is 0 Å². The van der Waals surface area contributed by atoms with E-state index in [0.717, 1.165) is 11.1 Å². The number of rotatable bonds is 14. The molecule has 47 heavy (non-hydrogen) atoms. The lowest BCUT2D eigenvalue weighted by Gasteiger charge is -2.61. The molecule has 4 atom stereocenters. The molecule has 0 N–H and O–H groups in total. The zero-order chi connectivity index (χ0) is 35.5. The van der Waals surface area contributed by atoms with E-state index < -0.39 is 27.8 Å². The van der Waals surface area contributed by atoms with Crippen molar-refractivity contribution in [2.24, 2.45) is 28.1 Å². The van der Waals surface area contributed by atoms with Gasteiger partial charge in [0.15, 0.2) is 28.8 Å². The molecule has 6 heteroatoms. The fourth-order valence-corrected chi connectivity index (χ4v) is 7.68. The van der Waals surface area contributed by atoms with Crippen LogP contribution in [0.15, 0.2) is 76.6 Å². The highest BCUT2D eigenvalue weighted by atomic mass is 16.5. The third-order valence-electron chi connectivity index (χ3n) is 10.6. The molecule has 1 fully saturated rings. The summed E-state index contributed by atoms with van der Waals surface area (Å²) in [4.78, 5) is 45.6. The zero-order valence-corrected chi connectivity index (χ0v) is 30.8. The molecule has 0 unspecified atom stereocenters. The van der Waals surface area contributed by atoms with Gasteiger partial charge in [0.1, 0.15) is 16.7 Å². The minimum absolute atomic E-state index is 0.0401. The van der Waals surface area contributed by atoms with Crippen molar-refractivity contribution >= 4 is 17.3 Å². The van der Waals surface area contributed by atoms with Gasteiger partial charge in [-0.25, -0.2) is 0 Å². The van der Waals surface area contributed by atoms with Gasteiger partial charge in [0.25, 0.3) is 0 Å². The second-order valence-corrected chi connectivity index (χ2v) is 14.8. The molecule has 0 aliphatic heterocycles. The number of fused-ring (bicyclic) bond motifs is 2. The Balaban J connectivity index is 2.51. The van der Waals surface area contributed by atoms with E-state index in [1.165, 1.54) is 32.5 Å². The Morgan fingerprint density at radius 2 is 1.49 bits per heavy atom. The first kappa shape index (κ1) is 37.8. The van der Waals surface area contributed by atoms with Gasteiger partial charge in [-0.05, 0) is 116 Å². The number of hydrogen-bond donors (Lipinski definition) is 0. The fourth-order valence-electron chi connectivity index (χ4n) is 7.68. The molecule has 0 aromatic heterocycles. The molecule has 6 nitrogen and oxygen atoms in total. The van der Waals surface area contributed by atoms with E-state index in [1.807, 2.05) is 40.7 Å². The Labute approximate surface area is 283 Å². The van der Waals surface area contributed by atoms with Gasteiger partial charge in [-0.15, -0.1) is 0 Å². The van der Waals surface area contributed by atoms with Crippen LogP contribution in [0.5, 0.6) is 11.5 Å². The molecular weight excluding hydrogens is 588 g/mol. The zero-order valence-electron chi connectivity index (χ0n) is 30.8. The quantitative estimate of drug-likeness (QED) is 0.0869. The molecule has 1 saturated carbocycles. The number of ether oxygens (including phenoxy) is 3. The molecule has 2 aliphatic carbocycles. The molecular formula is C41H56O6. The average Bonchev–Trinajstić information content (AvgIpc) is 3.00. The number of hydrogen-bond acceptors (Lipinski definition) is 6. The van der Waals surface area contributed by atoms with Gasteiger partial charge in [-0.2, -0.15) is 0 Å². The summed E-state index contributed by atoms with van der Waals surface area (Å²) in [6, 6.07) is 4.88. The van der Waals surface area contributed by atoms with Gasteiger partial charge in [-0.3, -0.25) is 14.4 Å². The number of Topliss-reactive ketones (excluding diaryl/α,β-unsaturated/α-hetero) is 3. The molecule has 0 spiro atoms. The maximum absolute atomic E-state index is 15.6. The summed E-state index contributed by atoms with van der Waals surface area (Å²) in [6.07, 6.45) is 8.81. The lowest BCUT2D eigenvalue weighted by molar-refractivity contribution is -0.173. The molecule has 0 amide bonds. The predicted octanol–water partition coefficient (Wildman–Crippen LogP) is 9.61. The Kier molecular flexibility index (Phi) is 11.8. The van der Waals surface area contributed by atoms with E-state index >= 15 is 9.59 Å². The molecule has 1 aromatic carbocycles. The van der Waals surface area contributed by atoms with Crippen molar-refractivity contribution in [3.05, 3.63) is 82.2 Å². The first-order valence-corrected chi connectivity index (χ1v) is 16.7. The highest BCUT2D eigenvalue weighted by molar-refractivity contribution is 6.35. The number of benzene rings is 1. The summed E-state index contributed by atoms with van der Waals surface area (Å²) < 4.78 is 17.1. The number of carbonyl (C=O) groups is 3. The standard InChI is InChI=1S/C41H56O6/c1-25(2)14-16-30(28(7)8)23-40-24-31(18-15-26(3)4)39(9,10)41(38(40)44,21-20-27(5)6)36(43)34(37(40)47-13)35(42)29-17-19-32(45-11)33(22-29)46-12/h14-15,17,19-20,22,30-31H,7,16,18,21,23-24H2,1-6,8-13H3/t30-,31-,40+,41-/m1/s1. The maximum atomic E-state index is 15.6. The average molecular weight is 645 g/mol. The van der Waals surface area contributed by atoms with Crippen LogP contribution < -0.4 is 9.47 Å². The first-order chi connectivity index (χ1) is 21.9. The van der Waals surface area contributed by atoms with E-state index in [0.29, 0.717) is 37.2 Å². The van der Waals surface area contributed by atoms with Crippen LogP contribution in [0.4, 0.5) is 0 Å². The fraction of sp³-hybridized carbons (Fsp3) is 0.537. The SMILES string of the molecule is C=C(C)[C@H](CC=C(C)C)C[C@]12C[C@@H](CC=C(C)C)C(C)(C)[C@](CC=C(C)C)(C(=O)C(C(=O)c3ccc(OC)c(OC)c3)=C1OC)C2=O. The Morgan fingerprint density at radius 1 is 0.894 bits per heavy atom. The number of ketones is 3. The topological polar surface area (TPSA) is 78.9 Å². The Hall–Kier alpha value is -3.67. The molecule has 0 radical (unpaired) electrons. The lowest BCUT2D eigenvalue weighted by atomic mass is 9.39. The van der Waals surface area contributed by atoms with Crippen molar-refractivity contribution in [3.63, 3.8) is 0 Å². The largest absolute Gasteiger partial charge is 0.499 e. The van der Waals surface area contributed by atoms with Crippen molar-refractivity contribution < 1.29 is 28.6 Å². The van der Waals surface area contributed by atoms with Gasteiger partial charge in [0.2, 0.25) is 0 Å². The molecule has 1 aromatic rings. The van der Waals surface area contributed by atoms with Gasteiger partial charge >= 0.3 is 0 Å². The van der Waals surface area contributed by atoms with Crippen LogP contribution in [-0.2, 0) is 14.3 Å². The van der Waals surface area contributed by atoms with Crippen LogP contribution >= 0.6 is 0 Å². The van der Waals surface area contributed by atoms with Crippen LogP contribution in [0.3, 0.4) is 0 Å².